The molecule has 0 aliphatic rings. The molecule has 3 N–H and O–H groups in total. The van der Waals surface area contributed by atoms with Gasteiger partial charge in [0.1, 0.15) is 5.01 Å². The van der Waals surface area contributed by atoms with E-state index >= 15 is 0 Å². The molecule has 1 aromatic heterocycles. The summed E-state index contributed by atoms with van der Waals surface area (Å²) in [6.45, 7) is 5.79. The van der Waals surface area contributed by atoms with Gasteiger partial charge in [-0.05, 0) is 32.0 Å². The molecule has 0 radical (unpaired) electrons. The third-order valence-electron chi connectivity index (χ3n) is 3.49. The predicted octanol–water partition coefficient (Wildman–Crippen LogP) is 2.62. The quantitative estimate of drug-likeness (QED) is 0.379. The number of hydrogen-bond donors (Lipinski definition) is 3. The number of rotatable bonds is 6. The molecule has 0 spiro atoms. The van der Waals surface area contributed by atoms with Gasteiger partial charge in [-0.3, -0.25) is 9.79 Å². The summed E-state index contributed by atoms with van der Waals surface area (Å²) in [5.74, 6) is 0.585. The van der Waals surface area contributed by atoms with Gasteiger partial charge in [-0.1, -0.05) is 22.0 Å². The number of nitrogens with one attached hydrogen (secondary N) is 3. The lowest BCUT2D eigenvalue weighted by molar-refractivity contribution is 0.0954. The van der Waals surface area contributed by atoms with Crippen LogP contribution in [0.4, 0.5) is 0 Å². The van der Waals surface area contributed by atoms with Gasteiger partial charge in [0.2, 0.25) is 0 Å². The summed E-state index contributed by atoms with van der Waals surface area (Å²) in [7, 11) is 1.72. The van der Waals surface area contributed by atoms with E-state index in [-0.39, 0.29) is 5.91 Å². The number of hydrogen-bond acceptors (Lipinski definition) is 4. The molecule has 0 saturated heterocycles. The minimum atomic E-state index is -0.0974. The van der Waals surface area contributed by atoms with Crippen molar-refractivity contribution < 1.29 is 4.79 Å². The molecule has 0 bridgehead atoms. The number of nitrogens with zero attached hydrogens (tertiary/aromatic N) is 2. The maximum Gasteiger partial charge on any atom is 0.251 e. The van der Waals surface area contributed by atoms with Crippen molar-refractivity contribution in [3.05, 3.63) is 49.9 Å². The molecule has 0 aliphatic heterocycles. The van der Waals surface area contributed by atoms with Gasteiger partial charge in [0, 0.05) is 35.1 Å². The number of amides is 1. The van der Waals surface area contributed by atoms with Gasteiger partial charge in [0.15, 0.2) is 5.96 Å². The molecule has 1 heterocycles. The Morgan fingerprint density at radius 2 is 2.00 bits per heavy atom. The van der Waals surface area contributed by atoms with Crippen LogP contribution < -0.4 is 16.0 Å². The predicted molar refractivity (Wildman–Crippen MR) is 106 cm³/mol. The van der Waals surface area contributed by atoms with Crippen LogP contribution >= 0.6 is 27.3 Å². The van der Waals surface area contributed by atoms with Crippen LogP contribution in [0.5, 0.6) is 0 Å². The summed E-state index contributed by atoms with van der Waals surface area (Å²) in [5.41, 5.74) is 1.70. The largest absolute Gasteiger partial charge is 0.355 e. The molecule has 0 unspecified atom stereocenters. The van der Waals surface area contributed by atoms with Crippen LogP contribution in [0, 0.1) is 13.8 Å². The number of carbonyl (C=O) groups excluding carboxylic acids is 1. The Bertz CT molecular complexity index is 740. The van der Waals surface area contributed by atoms with Crippen molar-refractivity contribution in [2.45, 2.75) is 20.4 Å². The highest BCUT2D eigenvalue weighted by Crippen LogP contribution is 2.15. The highest BCUT2D eigenvalue weighted by molar-refractivity contribution is 9.10. The maximum absolute atomic E-state index is 12.0. The fourth-order valence-electron chi connectivity index (χ4n) is 2.08. The van der Waals surface area contributed by atoms with Crippen molar-refractivity contribution in [1.29, 1.82) is 0 Å². The van der Waals surface area contributed by atoms with E-state index in [4.69, 9.17) is 0 Å². The van der Waals surface area contributed by atoms with Gasteiger partial charge in [-0.2, -0.15) is 0 Å². The Balaban J connectivity index is 1.71. The van der Waals surface area contributed by atoms with Crippen LogP contribution in [0.1, 0.15) is 25.9 Å². The highest BCUT2D eigenvalue weighted by Gasteiger charge is 2.06. The Labute approximate surface area is 160 Å². The maximum atomic E-state index is 12.0. The third kappa shape index (κ3) is 6.13. The Kier molecular flexibility index (Phi) is 7.39. The van der Waals surface area contributed by atoms with Gasteiger partial charge in [-0.15, -0.1) is 11.3 Å². The summed E-state index contributed by atoms with van der Waals surface area (Å²) in [6.07, 6.45) is 0. The Hall–Kier alpha value is -1.93. The van der Waals surface area contributed by atoms with Crippen molar-refractivity contribution in [3.8, 4) is 0 Å². The number of halogens is 1. The van der Waals surface area contributed by atoms with E-state index < -0.39 is 0 Å². The highest BCUT2D eigenvalue weighted by atomic mass is 79.9. The van der Waals surface area contributed by atoms with Gasteiger partial charge in [-0.25, -0.2) is 4.98 Å². The van der Waals surface area contributed by atoms with Crippen LogP contribution in [-0.4, -0.2) is 37.0 Å². The van der Waals surface area contributed by atoms with E-state index in [2.05, 4.69) is 48.8 Å². The summed E-state index contributed by atoms with van der Waals surface area (Å²) >= 11 is 5.04. The van der Waals surface area contributed by atoms with Gasteiger partial charge < -0.3 is 16.0 Å². The molecule has 2 aromatic rings. The first kappa shape index (κ1) is 19.4. The zero-order valence-corrected chi connectivity index (χ0v) is 16.9. The van der Waals surface area contributed by atoms with Crippen LogP contribution in [0.3, 0.4) is 0 Å². The lowest BCUT2D eigenvalue weighted by Crippen LogP contribution is -2.41. The molecule has 0 fully saturated rings. The van der Waals surface area contributed by atoms with Crippen molar-refractivity contribution >= 4 is 39.1 Å². The second-order valence-electron chi connectivity index (χ2n) is 5.37. The van der Waals surface area contributed by atoms with Gasteiger partial charge in [0.05, 0.1) is 12.2 Å². The average molecular weight is 424 g/mol. The number of benzene rings is 1. The van der Waals surface area contributed by atoms with Crippen LogP contribution in [0.15, 0.2) is 33.7 Å². The van der Waals surface area contributed by atoms with Crippen molar-refractivity contribution in [3.63, 3.8) is 0 Å². The fourth-order valence-corrected chi connectivity index (χ4v) is 3.36. The van der Waals surface area contributed by atoms with E-state index in [0.29, 0.717) is 31.2 Å². The molecule has 8 heteroatoms. The fraction of sp³-hybridized carbons (Fsp3) is 0.353. The van der Waals surface area contributed by atoms with Gasteiger partial charge >= 0.3 is 0 Å². The van der Waals surface area contributed by atoms with Gasteiger partial charge in [0.25, 0.3) is 5.91 Å². The Morgan fingerprint density at radius 3 is 2.64 bits per heavy atom. The molecule has 6 nitrogen and oxygen atoms in total. The van der Waals surface area contributed by atoms with Crippen LogP contribution in [0.25, 0.3) is 0 Å². The first-order valence-electron chi connectivity index (χ1n) is 7.90. The number of aromatic nitrogens is 1. The molecule has 0 aliphatic carbocycles. The summed E-state index contributed by atoms with van der Waals surface area (Å²) in [5, 5.41) is 10.3. The molecule has 0 saturated carbocycles. The first-order chi connectivity index (χ1) is 12.0. The van der Waals surface area contributed by atoms with E-state index in [0.717, 1.165) is 15.2 Å². The van der Waals surface area contributed by atoms with E-state index in [1.807, 2.05) is 19.1 Å². The summed E-state index contributed by atoms with van der Waals surface area (Å²) in [6, 6.07) is 7.30. The topological polar surface area (TPSA) is 78.4 Å². The molecule has 1 aromatic carbocycles. The minimum Gasteiger partial charge on any atom is -0.355 e. The molecular formula is C17H22BrN5OS. The minimum absolute atomic E-state index is 0.0974. The monoisotopic (exact) mass is 423 g/mol. The van der Waals surface area contributed by atoms with E-state index in [1.165, 1.54) is 4.88 Å². The van der Waals surface area contributed by atoms with Crippen LogP contribution in [0.2, 0.25) is 0 Å². The molecule has 134 valence electrons. The molecule has 25 heavy (non-hydrogen) atoms. The lowest BCUT2D eigenvalue weighted by atomic mass is 10.2. The SMILES string of the molecule is CN=C(NCCNC(=O)c1cccc(Br)c1)NCc1nc(C)c(C)s1. The number of aliphatic imine (C=N–C) groups is 1. The lowest BCUT2D eigenvalue weighted by Gasteiger charge is -2.11. The van der Waals surface area contributed by atoms with E-state index in [1.54, 1.807) is 30.5 Å². The number of aryl methyl sites for hydroxylation is 2. The number of thiazole rings is 1. The number of carbonyl (C=O) groups is 1. The molecule has 1 amide bonds. The van der Waals surface area contributed by atoms with E-state index in [9.17, 15) is 4.79 Å². The normalized spacial score (nSPS) is 11.3. The van der Waals surface area contributed by atoms with Crippen molar-refractivity contribution in [2.24, 2.45) is 4.99 Å². The zero-order valence-electron chi connectivity index (χ0n) is 14.5. The van der Waals surface area contributed by atoms with Crippen molar-refractivity contribution in [2.75, 3.05) is 20.1 Å². The molecule has 2 rings (SSSR count). The summed E-state index contributed by atoms with van der Waals surface area (Å²) < 4.78 is 0.885. The smallest absolute Gasteiger partial charge is 0.251 e. The van der Waals surface area contributed by atoms with Crippen LogP contribution in [-0.2, 0) is 6.54 Å². The second kappa shape index (κ2) is 9.53. The third-order valence-corrected chi connectivity index (χ3v) is 5.06. The summed E-state index contributed by atoms with van der Waals surface area (Å²) in [4.78, 5) is 21.9. The number of guanidine groups is 1. The zero-order chi connectivity index (χ0) is 18.2. The average Bonchev–Trinajstić information content (AvgIpc) is 2.92. The Morgan fingerprint density at radius 1 is 1.24 bits per heavy atom. The standard InChI is InChI=1S/C17H22BrN5OS/c1-11-12(2)25-15(23-11)10-22-17(19-3)21-8-7-20-16(24)13-5-4-6-14(18)9-13/h4-6,9H,7-8,10H2,1-3H3,(H,20,24)(H2,19,21,22). The first-order valence-corrected chi connectivity index (χ1v) is 9.51. The van der Waals surface area contributed by atoms with Crippen molar-refractivity contribution in [1.82, 2.24) is 20.9 Å². The molecule has 0 atom stereocenters. The molecular weight excluding hydrogens is 402 g/mol. The second-order valence-corrected chi connectivity index (χ2v) is 7.57.